The van der Waals surface area contributed by atoms with E-state index in [1.54, 1.807) is 0 Å². The van der Waals surface area contributed by atoms with Gasteiger partial charge in [0.05, 0.1) is 5.41 Å². The van der Waals surface area contributed by atoms with Gasteiger partial charge in [0, 0.05) is 12.5 Å². The molecule has 5 nitrogen and oxygen atoms in total. The Hall–Kier alpha value is -1.39. The van der Waals surface area contributed by atoms with Gasteiger partial charge in [0.15, 0.2) is 0 Å². The van der Waals surface area contributed by atoms with E-state index in [0.29, 0.717) is 12.5 Å². The number of nitrogens with zero attached hydrogens (tertiary/aromatic N) is 3. The molecule has 0 spiro atoms. The van der Waals surface area contributed by atoms with E-state index in [0.717, 1.165) is 43.8 Å². The highest BCUT2D eigenvalue weighted by Gasteiger charge is 2.41. The maximum atomic E-state index is 11.9. The van der Waals surface area contributed by atoms with Crippen molar-refractivity contribution in [2.24, 2.45) is 5.41 Å². The second-order valence-corrected chi connectivity index (χ2v) is 6.79. The first-order valence-electron chi connectivity index (χ1n) is 8.26. The largest absolute Gasteiger partial charge is 0.481 e. The molecule has 116 valence electrons. The van der Waals surface area contributed by atoms with Crippen LogP contribution >= 0.6 is 0 Å². The molecule has 0 atom stereocenters. The third kappa shape index (κ3) is 2.70. The van der Waals surface area contributed by atoms with Crippen LogP contribution in [0.15, 0.2) is 0 Å². The molecule has 0 unspecified atom stereocenters. The van der Waals surface area contributed by atoms with Crippen LogP contribution in [0.25, 0.3) is 0 Å². The third-order valence-electron chi connectivity index (χ3n) is 5.39. The summed E-state index contributed by atoms with van der Waals surface area (Å²) >= 11 is 0. The van der Waals surface area contributed by atoms with Gasteiger partial charge in [-0.15, -0.1) is 10.2 Å². The van der Waals surface area contributed by atoms with Crippen LogP contribution in [-0.4, -0.2) is 25.8 Å². The van der Waals surface area contributed by atoms with Gasteiger partial charge in [-0.25, -0.2) is 0 Å². The highest BCUT2D eigenvalue weighted by molar-refractivity contribution is 5.75. The van der Waals surface area contributed by atoms with Gasteiger partial charge in [-0.05, 0) is 32.6 Å². The van der Waals surface area contributed by atoms with Crippen molar-refractivity contribution in [3.8, 4) is 0 Å². The number of hydrogen-bond donors (Lipinski definition) is 1. The molecule has 21 heavy (non-hydrogen) atoms. The first-order valence-corrected chi connectivity index (χ1v) is 8.26. The summed E-state index contributed by atoms with van der Waals surface area (Å²) in [6.45, 7) is 1.99. The minimum atomic E-state index is -0.652. The molecule has 0 bridgehead atoms. The molecule has 3 rings (SSSR count). The Labute approximate surface area is 125 Å². The van der Waals surface area contributed by atoms with Crippen molar-refractivity contribution in [1.82, 2.24) is 14.8 Å². The van der Waals surface area contributed by atoms with Crippen molar-refractivity contribution >= 4 is 5.97 Å². The molecule has 2 fully saturated rings. The molecule has 2 aliphatic carbocycles. The van der Waals surface area contributed by atoms with Gasteiger partial charge in [0.1, 0.15) is 11.6 Å². The molecular weight excluding hydrogens is 266 g/mol. The normalized spacial score (nSPS) is 22.5. The zero-order valence-corrected chi connectivity index (χ0v) is 12.8. The lowest BCUT2D eigenvalue weighted by Gasteiger charge is -2.33. The molecule has 0 aliphatic heterocycles. The van der Waals surface area contributed by atoms with Crippen molar-refractivity contribution in [3.05, 3.63) is 11.6 Å². The summed E-state index contributed by atoms with van der Waals surface area (Å²) in [7, 11) is 0. The molecule has 0 aromatic carbocycles. The number of carboxylic acid groups (broad SMARTS) is 1. The topological polar surface area (TPSA) is 68.0 Å². The lowest BCUT2D eigenvalue weighted by atomic mass is 9.71. The van der Waals surface area contributed by atoms with E-state index >= 15 is 0 Å². The van der Waals surface area contributed by atoms with Crippen molar-refractivity contribution in [3.63, 3.8) is 0 Å². The second kappa shape index (κ2) is 5.78. The molecule has 1 aromatic rings. The number of aromatic nitrogens is 3. The summed E-state index contributed by atoms with van der Waals surface area (Å²) in [5.74, 6) is 1.18. The van der Waals surface area contributed by atoms with Crippen LogP contribution in [0.4, 0.5) is 0 Å². The Balaban J connectivity index is 1.88. The Morgan fingerprint density at radius 3 is 2.48 bits per heavy atom. The van der Waals surface area contributed by atoms with Gasteiger partial charge < -0.3 is 9.67 Å². The molecule has 1 heterocycles. The van der Waals surface area contributed by atoms with E-state index in [4.69, 9.17) is 0 Å². The molecule has 2 aliphatic rings. The van der Waals surface area contributed by atoms with Crippen LogP contribution in [-0.2, 0) is 11.2 Å². The standard InChI is InChI=1S/C16H25N3O2/c1-12-17-18-14(19(12)13-7-3-4-8-13)11-16(15(20)21)9-5-2-6-10-16/h13H,2-11H2,1H3,(H,20,21). The van der Waals surface area contributed by atoms with Gasteiger partial charge in [-0.2, -0.15) is 0 Å². The Kier molecular flexibility index (Phi) is 4.00. The predicted molar refractivity (Wildman–Crippen MR) is 79.1 cm³/mol. The van der Waals surface area contributed by atoms with E-state index in [9.17, 15) is 9.90 Å². The van der Waals surface area contributed by atoms with Crippen LogP contribution in [0.3, 0.4) is 0 Å². The van der Waals surface area contributed by atoms with Crippen molar-refractivity contribution in [2.75, 3.05) is 0 Å². The molecule has 0 radical (unpaired) electrons. The Morgan fingerprint density at radius 2 is 1.86 bits per heavy atom. The van der Waals surface area contributed by atoms with E-state index in [-0.39, 0.29) is 0 Å². The molecular formula is C16H25N3O2. The minimum Gasteiger partial charge on any atom is -0.481 e. The molecule has 0 amide bonds. The van der Waals surface area contributed by atoms with Crippen LogP contribution < -0.4 is 0 Å². The monoisotopic (exact) mass is 291 g/mol. The first kappa shape index (κ1) is 14.5. The lowest BCUT2D eigenvalue weighted by Crippen LogP contribution is -2.36. The summed E-state index contributed by atoms with van der Waals surface area (Å²) in [4.78, 5) is 11.9. The summed E-state index contributed by atoms with van der Waals surface area (Å²) < 4.78 is 2.23. The zero-order valence-electron chi connectivity index (χ0n) is 12.8. The number of aryl methyl sites for hydroxylation is 1. The van der Waals surface area contributed by atoms with E-state index in [1.807, 2.05) is 6.92 Å². The van der Waals surface area contributed by atoms with E-state index < -0.39 is 11.4 Å². The van der Waals surface area contributed by atoms with Gasteiger partial charge >= 0.3 is 5.97 Å². The summed E-state index contributed by atoms with van der Waals surface area (Å²) in [5, 5.41) is 18.3. The van der Waals surface area contributed by atoms with Crippen LogP contribution in [0, 0.1) is 12.3 Å². The minimum absolute atomic E-state index is 0.476. The van der Waals surface area contributed by atoms with Gasteiger partial charge in [0.25, 0.3) is 0 Å². The second-order valence-electron chi connectivity index (χ2n) is 6.79. The molecule has 0 saturated heterocycles. The molecule has 1 aromatic heterocycles. The summed E-state index contributed by atoms with van der Waals surface area (Å²) in [6, 6.07) is 0.476. The smallest absolute Gasteiger partial charge is 0.310 e. The fraction of sp³-hybridized carbons (Fsp3) is 0.812. The van der Waals surface area contributed by atoms with Crippen LogP contribution in [0.5, 0.6) is 0 Å². The quantitative estimate of drug-likeness (QED) is 0.924. The maximum Gasteiger partial charge on any atom is 0.310 e. The molecule has 5 heteroatoms. The number of rotatable bonds is 4. The lowest BCUT2D eigenvalue weighted by molar-refractivity contribution is -0.151. The predicted octanol–water partition coefficient (Wildman–Crippen LogP) is 3.28. The van der Waals surface area contributed by atoms with Gasteiger partial charge in [-0.1, -0.05) is 32.1 Å². The molecule has 1 N–H and O–H groups in total. The van der Waals surface area contributed by atoms with Crippen LogP contribution in [0.1, 0.15) is 75.5 Å². The van der Waals surface area contributed by atoms with Crippen LogP contribution in [0.2, 0.25) is 0 Å². The number of carboxylic acids is 1. The number of carbonyl (C=O) groups is 1. The van der Waals surface area contributed by atoms with Gasteiger partial charge in [-0.3, -0.25) is 4.79 Å². The van der Waals surface area contributed by atoms with E-state index in [1.165, 1.54) is 25.7 Å². The van der Waals surface area contributed by atoms with Gasteiger partial charge in [0.2, 0.25) is 0 Å². The zero-order chi connectivity index (χ0) is 14.9. The number of aliphatic carboxylic acids is 1. The molecule has 2 saturated carbocycles. The van der Waals surface area contributed by atoms with Crippen molar-refractivity contribution in [1.29, 1.82) is 0 Å². The SMILES string of the molecule is Cc1nnc(CC2(C(=O)O)CCCCC2)n1C1CCCC1. The Morgan fingerprint density at radius 1 is 1.19 bits per heavy atom. The highest BCUT2D eigenvalue weighted by Crippen LogP contribution is 2.40. The Bertz CT molecular complexity index is 512. The number of hydrogen-bond acceptors (Lipinski definition) is 3. The fourth-order valence-electron chi connectivity index (χ4n) is 4.17. The fourth-order valence-corrected chi connectivity index (χ4v) is 4.17. The average Bonchev–Trinajstić information content (AvgIpc) is 3.10. The first-order chi connectivity index (χ1) is 10.1. The average molecular weight is 291 g/mol. The maximum absolute atomic E-state index is 11.9. The van der Waals surface area contributed by atoms with E-state index in [2.05, 4.69) is 14.8 Å². The van der Waals surface area contributed by atoms with Crippen molar-refractivity contribution < 1.29 is 9.90 Å². The summed E-state index contributed by atoms with van der Waals surface area (Å²) in [6.07, 6.45) is 10.1. The summed E-state index contributed by atoms with van der Waals surface area (Å²) in [5.41, 5.74) is -0.617. The van der Waals surface area contributed by atoms with Crippen molar-refractivity contribution in [2.45, 2.75) is 77.2 Å². The third-order valence-corrected chi connectivity index (χ3v) is 5.39. The highest BCUT2D eigenvalue weighted by atomic mass is 16.4.